The Hall–Kier alpha value is -4.94. The van der Waals surface area contributed by atoms with Crippen molar-refractivity contribution in [1.82, 2.24) is 24.9 Å². The molecule has 0 aliphatic carbocycles. The van der Waals surface area contributed by atoms with Crippen LogP contribution in [0.15, 0.2) is 58.6 Å². The van der Waals surface area contributed by atoms with Crippen LogP contribution < -0.4 is 16.4 Å². The van der Waals surface area contributed by atoms with Gasteiger partial charge in [0.2, 0.25) is 11.8 Å². The minimum Gasteiger partial charge on any atom is -0.443 e. The van der Waals surface area contributed by atoms with Gasteiger partial charge < -0.3 is 25.5 Å². The number of fused-ring (bicyclic) bond motifs is 1. The van der Waals surface area contributed by atoms with E-state index in [1.807, 2.05) is 17.0 Å². The van der Waals surface area contributed by atoms with Crippen molar-refractivity contribution in [3.8, 4) is 22.7 Å². The highest BCUT2D eigenvalue weighted by Crippen LogP contribution is 2.30. The lowest BCUT2D eigenvalue weighted by Crippen LogP contribution is -2.24. The topological polar surface area (TPSA) is 172 Å². The van der Waals surface area contributed by atoms with Crippen LogP contribution in [-0.4, -0.2) is 37.0 Å². The number of pyridine rings is 2. The largest absolute Gasteiger partial charge is 0.443 e. The van der Waals surface area contributed by atoms with Crippen LogP contribution in [0.1, 0.15) is 17.0 Å². The maximum atomic E-state index is 15.0. The lowest BCUT2D eigenvalue weighted by atomic mass is 10.1. The average molecular weight is 475 g/mol. The molecule has 1 amide bonds. The van der Waals surface area contributed by atoms with Crippen LogP contribution in [0.5, 0.6) is 0 Å². The molecule has 0 atom stereocenters. The van der Waals surface area contributed by atoms with Crippen molar-refractivity contribution in [3.63, 3.8) is 0 Å². The van der Waals surface area contributed by atoms with Gasteiger partial charge in [0.05, 0.1) is 13.1 Å². The number of aromatic nitrogens is 5. The molecule has 4 aromatic heterocycles. The molecule has 5 rings (SSSR count). The molecule has 4 aromatic rings. The Bertz CT molecular complexity index is 1380. The SMILES string of the molecule is NC(N)=NC(=O)OCc1ccnc(-c2cnc(N3Cc4nc(-c5ccncc5)oc4C3)nc2)c1F. The minimum atomic E-state index is -1.03. The number of oxazole rings is 1. The van der Waals surface area contributed by atoms with E-state index in [4.69, 9.17) is 20.6 Å². The predicted octanol–water partition coefficient (Wildman–Crippen LogP) is 2.16. The number of hydrogen-bond donors (Lipinski definition) is 2. The van der Waals surface area contributed by atoms with Crippen molar-refractivity contribution in [2.75, 3.05) is 4.90 Å². The van der Waals surface area contributed by atoms with Gasteiger partial charge in [-0.05, 0) is 18.2 Å². The van der Waals surface area contributed by atoms with Gasteiger partial charge in [-0.2, -0.15) is 0 Å². The first kappa shape index (κ1) is 21.9. The summed E-state index contributed by atoms with van der Waals surface area (Å²) in [7, 11) is 0. The molecule has 35 heavy (non-hydrogen) atoms. The van der Waals surface area contributed by atoms with Crippen LogP contribution in [-0.2, 0) is 24.4 Å². The maximum Gasteiger partial charge on any atom is 0.437 e. The molecule has 0 saturated carbocycles. The second kappa shape index (κ2) is 9.13. The average Bonchev–Trinajstić information content (AvgIpc) is 3.44. The number of hydrogen-bond acceptors (Lipinski definition) is 9. The van der Waals surface area contributed by atoms with E-state index in [0.717, 1.165) is 17.0 Å². The first-order chi connectivity index (χ1) is 17.0. The van der Waals surface area contributed by atoms with E-state index < -0.39 is 17.9 Å². The Kier molecular flexibility index (Phi) is 5.71. The number of guanidine groups is 1. The molecule has 1 aliphatic heterocycles. The highest BCUT2D eigenvalue weighted by atomic mass is 19.1. The molecule has 0 bridgehead atoms. The number of carbonyl (C=O) groups excluding carboxylic acids is 1. The monoisotopic (exact) mass is 475 g/mol. The molecule has 0 fully saturated rings. The van der Waals surface area contributed by atoms with Gasteiger partial charge in [0.15, 0.2) is 11.8 Å². The molecule has 5 heterocycles. The van der Waals surface area contributed by atoms with Crippen molar-refractivity contribution >= 4 is 18.0 Å². The molecule has 13 heteroatoms. The second-order valence-corrected chi connectivity index (χ2v) is 7.48. The minimum absolute atomic E-state index is 0.0175. The lowest BCUT2D eigenvalue weighted by Gasteiger charge is -2.15. The molecule has 0 spiro atoms. The Morgan fingerprint density at radius 1 is 1.09 bits per heavy atom. The summed E-state index contributed by atoms with van der Waals surface area (Å²) in [5, 5.41) is 0. The summed E-state index contributed by atoms with van der Waals surface area (Å²) in [6.07, 6.45) is 6.67. The van der Waals surface area contributed by atoms with E-state index >= 15 is 0 Å². The van der Waals surface area contributed by atoms with Crippen LogP contribution in [0.4, 0.5) is 15.1 Å². The molecule has 176 valence electrons. The first-order valence-corrected chi connectivity index (χ1v) is 10.3. The lowest BCUT2D eigenvalue weighted by molar-refractivity contribution is 0.149. The number of aliphatic imine (C=N–C) groups is 1. The number of rotatable bonds is 5. The highest BCUT2D eigenvalue weighted by molar-refractivity contribution is 5.87. The zero-order valence-electron chi connectivity index (χ0n) is 18.1. The summed E-state index contributed by atoms with van der Waals surface area (Å²) in [5.41, 5.74) is 12.4. The number of carbonyl (C=O) groups is 1. The fourth-order valence-corrected chi connectivity index (χ4v) is 3.48. The third kappa shape index (κ3) is 4.59. The van der Waals surface area contributed by atoms with E-state index in [2.05, 4.69) is 29.9 Å². The van der Waals surface area contributed by atoms with Gasteiger partial charge in [-0.15, -0.1) is 4.99 Å². The molecule has 0 saturated heterocycles. The summed E-state index contributed by atoms with van der Waals surface area (Å²) >= 11 is 0. The number of nitrogens with two attached hydrogens (primary N) is 2. The van der Waals surface area contributed by atoms with Crippen molar-refractivity contribution in [1.29, 1.82) is 0 Å². The predicted molar refractivity (Wildman–Crippen MR) is 121 cm³/mol. The third-order valence-corrected chi connectivity index (χ3v) is 5.12. The fourth-order valence-electron chi connectivity index (χ4n) is 3.48. The van der Waals surface area contributed by atoms with Crippen LogP contribution in [0.2, 0.25) is 0 Å². The van der Waals surface area contributed by atoms with Crippen molar-refractivity contribution in [2.45, 2.75) is 19.7 Å². The van der Waals surface area contributed by atoms with Gasteiger partial charge in [0.1, 0.15) is 23.8 Å². The van der Waals surface area contributed by atoms with Gasteiger partial charge in [-0.3, -0.25) is 9.97 Å². The summed E-state index contributed by atoms with van der Waals surface area (Å²) < 4.78 is 25.7. The molecule has 0 radical (unpaired) electrons. The van der Waals surface area contributed by atoms with Gasteiger partial charge in [-0.25, -0.2) is 24.1 Å². The molecular weight excluding hydrogens is 457 g/mol. The Balaban J connectivity index is 1.28. The smallest absolute Gasteiger partial charge is 0.437 e. The van der Waals surface area contributed by atoms with E-state index in [1.54, 1.807) is 12.4 Å². The van der Waals surface area contributed by atoms with Crippen molar-refractivity contribution < 1.29 is 18.3 Å². The summed E-state index contributed by atoms with van der Waals surface area (Å²) in [5.74, 6) is 0.595. The number of amides is 1. The van der Waals surface area contributed by atoms with Crippen LogP contribution in [0.3, 0.4) is 0 Å². The molecule has 0 aromatic carbocycles. The number of nitrogens with zero attached hydrogens (tertiary/aromatic N) is 7. The summed E-state index contributed by atoms with van der Waals surface area (Å²) in [4.78, 5) is 37.9. The number of ether oxygens (including phenoxy) is 1. The number of halogens is 1. The molecule has 12 nitrogen and oxygen atoms in total. The Labute approximate surface area is 197 Å². The fraction of sp³-hybridized carbons (Fsp3) is 0.136. The summed E-state index contributed by atoms with van der Waals surface area (Å²) in [6.45, 7) is 0.561. The van der Waals surface area contributed by atoms with Crippen molar-refractivity contribution in [2.24, 2.45) is 16.5 Å². The van der Waals surface area contributed by atoms with E-state index in [0.29, 0.717) is 30.5 Å². The zero-order valence-corrected chi connectivity index (χ0v) is 18.1. The Morgan fingerprint density at radius 2 is 1.86 bits per heavy atom. The molecule has 0 unspecified atom stereocenters. The second-order valence-electron chi connectivity index (χ2n) is 7.48. The number of anilines is 1. The van der Waals surface area contributed by atoms with Gasteiger partial charge >= 0.3 is 6.09 Å². The highest BCUT2D eigenvalue weighted by Gasteiger charge is 2.27. The van der Waals surface area contributed by atoms with Gasteiger partial charge in [0.25, 0.3) is 0 Å². The molecule has 4 N–H and O–H groups in total. The van der Waals surface area contributed by atoms with E-state index in [1.165, 1.54) is 24.7 Å². The first-order valence-electron chi connectivity index (χ1n) is 10.3. The quantitative estimate of drug-likeness (QED) is 0.320. The Morgan fingerprint density at radius 3 is 2.57 bits per heavy atom. The standard InChI is InChI=1S/C22H18FN9O3/c23-17-13(11-34-22(33)31-20(24)25)3-6-27-18(17)14-7-28-21(29-8-14)32-9-15-16(10-32)35-19(30-15)12-1-4-26-5-2-12/h1-8H,9-11H2,(H4,24,25,31,33). The van der Waals surface area contributed by atoms with E-state index in [-0.39, 0.29) is 17.9 Å². The molecular formula is C22H18FN9O3. The van der Waals surface area contributed by atoms with Crippen molar-refractivity contribution in [3.05, 3.63) is 72.0 Å². The maximum absolute atomic E-state index is 15.0. The summed E-state index contributed by atoms with van der Waals surface area (Å²) in [6, 6.07) is 5.04. The van der Waals surface area contributed by atoms with Crippen LogP contribution in [0, 0.1) is 5.82 Å². The van der Waals surface area contributed by atoms with E-state index in [9.17, 15) is 9.18 Å². The van der Waals surface area contributed by atoms with Crippen LogP contribution in [0.25, 0.3) is 22.7 Å². The third-order valence-electron chi connectivity index (χ3n) is 5.12. The molecule has 1 aliphatic rings. The van der Waals surface area contributed by atoms with Gasteiger partial charge in [0, 0.05) is 47.7 Å². The normalized spacial score (nSPS) is 12.3. The van der Waals surface area contributed by atoms with Gasteiger partial charge in [-0.1, -0.05) is 0 Å². The van der Waals surface area contributed by atoms with Crippen LogP contribution >= 0.6 is 0 Å². The zero-order chi connectivity index (χ0) is 24.4.